The van der Waals surface area contributed by atoms with Crippen LogP contribution >= 0.6 is 12.2 Å². The van der Waals surface area contributed by atoms with Crippen molar-refractivity contribution in [3.05, 3.63) is 35.9 Å². The lowest BCUT2D eigenvalue weighted by Gasteiger charge is -2.09. The van der Waals surface area contributed by atoms with Crippen molar-refractivity contribution in [1.29, 1.82) is 0 Å². The first-order valence-corrected chi connectivity index (χ1v) is 5.90. The number of hydrogen-bond donors (Lipinski definition) is 0. The molecule has 2 nitrogen and oxygen atoms in total. The van der Waals surface area contributed by atoms with Crippen LogP contribution < -0.4 is 0 Å². The zero-order chi connectivity index (χ0) is 11.8. The fourth-order valence-corrected chi connectivity index (χ4v) is 1.50. The van der Waals surface area contributed by atoms with Gasteiger partial charge in [0.05, 0.1) is 12.7 Å². The van der Waals surface area contributed by atoms with Crippen molar-refractivity contribution in [2.24, 2.45) is 0 Å². The molecule has 0 bridgehead atoms. The van der Waals surface area contributed by atoms with Gasteiger partial charge in [0.15, 0.2) is 5.05 Å². The quantitative estimate of drug-likeness (QED) is 0.560. The third-order valence-corrected chi connectivity index (χ3v) is 2.25. The van der Waals surface area contributed by atoms with Crippen molar-refractivity contribution in [3.8, 4) is 0 Å². The maximum absolute atomic E-state index is 5.40. The highest BCUT2D eigenvalue weighted by Crippen LogP contribution is 2.02. The minimum atomic E-state index is 0.242. The van der Waals surface area contributed by atoms with Gasteiger partial charge in [-0.2, -0.15) is 0 Å². The summed E-state index contributed by atoms with van der Waals surface area (Å²) in [4.78, 5) is 0. The molecule has 0 saturated heterocycles. The number of thiocarbonyl (C=S) groups is 1. The molecule has 0 saturated carbocycles. The molecule has 0 spiro atoms. The third kappa shape index (κ3) is 5.83. The Morgan fingerprint density at radius 3 is 2.50 bits per heavy atom. The van der Waals surface area contributed by atoms with Gasteiger partial charge in [-0.25, -0.2) is 0 Å². The van der Waals surface area contributed by atoms with E-state index in [0.29, 0.717) is 24.7 Å². The number of benzene rings is 1. The summed E-state index contributed by atoms with van der Waals surface area (Å²) >= 11 is 5.14. The van der Waals surface area contributed by atoms with Crippen LogP contribution in [0.25, 0.3) is 0 Å². The van der Waals surface area contributed by atoms with Crippen LogP contribution in [0.5, 0.6) is 0 Å². The molecule has 1 rings (SSSR count). The van der Waals surface area contributed by atoms with Gasteiger partial charge in [0.25, 0.3) is 0 Å². The van der Waals surface area contributed by atoms with Gasteiger partial charge in [0, 0.05) is 6.42 Å². The molecule has 0 aliphatic rings. The van der Waals surface area contributed by atoms with Crippen molar-refractivity contribution in [2.75, 3.05) is 13.2 Å². The second-order valence-corrected chi connectivity index (χ2v) is 4.26. The molecule has 1 aromatic carbocycles. The van der Waals surface area contributed by atoms with Gasteiger partial charge in [-0.05, 0) is 31.6 Å². The predicted molar refractivity (Wildman–Crippen MR) is 69.8 cm³/mol. The summed E-state index contributed by atoms with van der Waals surface area (Å²) in [6.07, 6.45) is 0.934. The Balaban J connectivity index is 2.17. The van der Waals surface area contributed by atoms with Crippen molar-refractivity contribution in [2.45, 2.75) is 26.4 Å². The van der Waals surface area contributed by atoms with Crippen LogP contribution in [0.3, 0.4) is 0 Å². The highest BCUT2D eigenvalue weighted by molar-refractivity contribution is 7.80. The van der Waals surface area contributed by atoms with Gasteiger partial charge in [0.2, 0.25) is 0 Å². The predicted octanol–water partition coefficient (Wildman–Crippen LogP) is 3.00. The van der Waals surface area contributed by atoms with E-state index in [0.717, 1.165) is 0 Å². The maximum atomic E-state index is 5.40. The highest BCUT2D eigenvalue weighted by atomic mass is 32.1. The highest BCUT2D eigenvalue weighted by Gasteiger charge is 2.00. The lowest BCUT2D eigenvalue weighted by molar-refractivity contribution is 0.0529. The van der Waals surface area contributed by atoms with Crippen molar-refractivity contribution in [3.63, 3.8) is 0 Å². The topological polar surface area (TPSA) is 18.5 Å². The lowest BCUT2D eigenvalue weighted by atomic mass is 10.2. The zero-order valence-corrected chi connectivity index (χ0v) is 10.6. The molecule has 0 amide bonds. The Morgan fingerprint density at radius 1 is 1.19 bits per heavy atom. The lowest BCUT2D eigenvalue weighted by Crippen LogP contribution is -2.13. The fourth-order valence-electron chi connectivity index (χ4n) is 1.25. The first-order chi connectivity index (χ1) is 7.68. The first-order valence-electron chi connectivity index (χ1n) is 5.49. The van der Waals surface area contributed by atoms with Crippen LogP contribution in [0, 0.1) is 0 Å². The van der Waals surface area contributed by atoms with E-state index in [4.69, 9.17) is 21.7 Å². The average Bonchev–Trinajstić information content (AvgIpc) is 2.25. The number of rotatable bonds is 6. The normalized spacial score (nSPS) is 10.4. The van der Waals surface area contributed by atoms with Crippen molar-refractivity contribution in [1.82, 2.24) is 0 Å². The van der Waals surface area contributed by atoms with Crippen molar-refractivity contribution < 1.29 is 9.47 Å². The van der Waals surface area contributed by atoms with Crippen LogP contribution in [0.2, 0.25) is 0 Å². The van der Waals surface area contributed by atoms with Crippen LogP contribution in [-0.4, -0.2) is 24.4 Å². The standard InChI is InChI=1S/C13H18O2S/c1-11(2)14-8-9-15-13(16)10-12-6-4-3-5-7-12/h3-7,11H,8-10H2,1-2H3. The van der Waals surface area contributed by atoms with Gasteiger partial charge < -0.3 is 9.47 Å². The molecule has 0 aromatic heterocycles. The van der Waals surface area contributed by atoms with Crippen LogP contribution in [0.4, 0.5) is 0 Å². The smallest absolute Gasteiger partial charge is 0.164 e. The van der Waals surface area contributed by atoms with Gasteiger partial charge in [0.1, 0.15) is 6.61 Å². The average molecular weight is 238 g/mol. The Morgan fingerprint density at radius 2 is 1.88 bits per heavy atom. The number of hydrogen-bond acceptors (Lipinski definition) is 3. The number of ether oxygens (including phenoxy) is 2. The molecular formula is C13H18O2S. The summed E-state index contributed by atoms with van der Waals surface area (Å²) in [6, 6.07) is 10.1. The SMILES string of the molecule is CC(C)OCCOC(=S)Cc1ccccc1. The molecule has 0 heterocycles. The Kier molecular flexibility index (Phi) is 6.04. The third-order valence-electron chi connectivity index (χ3n) is 1.99. The second-order valence-electron chi connectivity index (χ2n) is 3.80. The van der Waals surface area contributed by atoms with E-state index in [2.05, 4.69) is 0 Å². The van der Waals surface area contributed by atoms with E-state index < -0.39 is 0 Å². The van der Waals surface area contributed by atoms with E-state index in [1.807, 2.05) is 44.2 Å². The molecule has 1 aromatic rings. The summed E-state index contributed by atoms with van der Waals surface area (Å²) < 4.78 is 10.8. The monoisotopic (exact) mass is 238 g/mol. The molecule has 0 unspecified atom stereocenters. The van der Waals surface area contributed by atoms with E-state index in [-0.39, 0.29) is 6.10 Å². The molecule has 0 radical (unpaired) electrons. The Bertz CT molecular complexity index is 309. The molecule has 0 fully saturated rings. The van der Waals surface area contributed by atoms with Gasteiger partial charge in [-0.3, -0.25) is 0 Å². The molecule has 0 N–H and O–H groups in total. The Labute approximate surface area is 103 Å². The summed E-state index contributed by atoms with van der Waals surface area (Å²) in [5, 5.41) is 0.624. The van der Waals surface area contributed by atoms with Crippen LogP contribution in [0.15, 0.2) is 30.3 Å². The van der Waals surface area contributed by atoms with Crippen molar-refractivity contribution >= 4 is 17.3 Å². The van der Waals surface area contributed by atoms with Gasteiger partial charge in [-0.15, -0.1) is 0 Å². The minimum absolute atomic E-state index is 0.242. The van der Waals surface area contributed by atoms with Crippen LogP contribution in [0.1, 0.15) is 19.4 Å². The van der Waals surface area contributed by atoms with E-state index in [9.17, 15) is 0 Å². The fraction of sp³-hybridized carbons (Fsp3) is 0.462. The largest absolute Gasteiger partial charge is 0.484 e. The summed E-state index contributed by atoms with van der Waals surface area (Å²) in [5.74, 6) is 0. The summed E-state index contributed by atoms with van der Waals surface area (Å²) in [7, 11) is 0. The van der Waals surface area contributed by atoms with Crippen LogP contribution in [-0.2, 0) is 15.9 Å². The molecule has 3 heteroatoms. The molecule has 88 valence electrons. The Hall–Kier alpha value is -0.930. The van der Waals surface area contributed by atoms with E-state index >= 15 is 0 Å². The molecule has 0 atom stereocenters. The van der Waals surface area contributed by atoms with Gasteiger partial charge in [-0.1, -0.05) is 30.3 Å². The van der Waals surface area contributed by atoms with Gasteiger partial charge >= 0.3 is 0 Å². The maximum Gasteiger partial charge on any atom is 0.164 e. The zero-order valence-electron chi connectivity index (χ0n) is 9.81. The molecular weight excluding hydrogens is 220 g/mol. The minimum Gasteiger partial charge on any atom is -0.484 e. The molecule has 16 heavy (non-hydrogen) atoms. The van der Waals surface area contributed by atoms with E-state index in [1.165, 1.54) is 5.56 Å². The first kappa shape index (κ1) is 13.1. The summed E-state index contributed by atoms with van der Waals surface area (Å²) in [6.45, 7) is 5.13. The molecule has 0 aliphatic heterocycles. The summed E-state index contributed by atoms with van der Waals surface area (Å²) in [5.41, 5.74) is 1.18. The second kappa shape index (κ2) is 7.36. The molecule has 0 aliphatic carbocycles. The van der Waals surface area contributed by atoms with E-state index in [1.54, 1.807) is 0 Å².